The number of carbonyl (C=O) groups excluding carboxylic acids is 1. The molecule has 134 valence electrons. The number of nitrogens with zero attached hydrogens (tertiary/aromatic N) is 3. The van der Waals surface area contributed by atoms with E-state index in [2.05, 4.69) is 34.3 Å². The van der Waals surface area contributed by atoms with Crippen LogP contribution in [-0.4, -0.2) is 27.7 Å². The molecule has 0 bridgehead atoms. The highest BCUT2D eigenvalue weighted by molar-refractivity contribution is 6.01. The molecule has 0 fully saturated rings. The number of rotatable bonds is 9. The molecule has 0 radical (unpaired) electrons. The molecule has 0 amide bonds. The maximum atomic E-state index is 13.1. The molecular formula is C21H23N3O2. The predicted octanol–water partition coefficient (Wildman–Crippen LogP) is 4.12. The van der Waals surface area contributed by atoms with E-state index in [0.29, 0.717) is 17.7 Å². The second-order valence-electron chi connectivity index (χ2n) is 6.19. The molecule has 1 heterocycles. The molecule has 0 saturated carbocycles. The molecule has 0 N–H and O–H groups in total. The molecule has 0 spiro atoms. The lowest BCUT2D eigenvalue weighted by atomic mass is 9.97. The quantitative estimate of drug-likeness (QED) is 0.431. The molecule has 1 unspecified atom stereocenters. The van der Waals surface area contributed by atoms with Crippen molar-refractivity contribution >= 4 is 5.78 Å². The summed E-state index contributed by atoms with van der Waals surface area (Å²) in [5, 5.41) is 4.20. The molecule has 5 nitrogen and oxygen atoms in total. The van der Waals surface area contributed by atoms with Crippen LogP contribution in [0.1, 0.15) is 41.2 Å². The van der Waals surface area contributed by atoms with Gasteiger partial charge in [-0.2, -0.15) is 5.10 Å². The van der Waals surface area contributed by atoms with Gasteiger partial charge in [-0.25, -0.2) is 9.67 Å². The van der Waals surface area contributed by atoms with Crippen LogP contribution in [0.25, 0.3) is 0 Å². The zero-order valence-electron chi connectivity index (χ0n) is 14.9. The Balaban J connectivity index is 1.69. The molecule has 26 heavy (non-hydrogen) atoms. The first kappa shape index (κ1) is 17.9. The highest BCUT2D eigenvalue weighted by atomic mass is 16.5. The zero-order valence-corrected chi connectivity index (χ0v) is 14.9. The van der Waals surface area contributed by atoms with Crippen molar-refractivity contribution in [2.75, 3.05) is 7.11 Å². The van der Waals surface area contributed by atoms with Gasteiger partial charge < -0.3 is 4.74 Å². The summed E-state index contributed by atoms with van der Waals surface area (Å²) in [6.07, 6.45) is 6.75. The normalized spacial score (nSPS) is 11.9. The Morgan fingerprint density at radius 2 is 1.85 bits per heavy atom. The molecule has 1 aromatic heterocycles. The van der Waals surface area contributed by atoms with E-state index in [1.165, 1.54) is 11.9 Å². The van der Waals surface area contributed by atoms with Crippen molar-refractivity contribution in [3.63, 3.8) is 0 Å². The lowest BCUT2D eigenvalue weighted by molar-refractivity contribution is 0.0905. The summed E-state index contributed by atoms with van der Waals surface area (Å²) < 4.78 is 7.00. The van der Waals surface area contributed by atoms with E-state index >= 15 is 0 Å². The van der Waals surface area contributed by atoms with Crippen molar-refractivity contribution in [3.8, 4) is 5.75 Å². The molecule has 3 aromatic rings. The first-order valence-corrected chi connectivity index (χ1v) is 8.85. The number of unbranched alkanes of at least 4 members (excludes halogenated alkanes) is 1. The average Bonchev–Trinajstić information content (AvgIpc) is 3.22. The van der Waals surface area contributed by atoms with E-state index in [4.69, 9.17) is 4.74 Å². The van der Waals surface area contributed by atoms with Crippen LogP contribution in [0.2, 0.25) is 0 Å². The van der Waals surface area contributed by atoms with Crippen LogP contribution in [0, 0.1) is 0 Å². The molecular weight excluding hydrogens is 326 g/mol. The topological polar surface area (TPSA) is 57.0 Å². The van der Waals surface area contributed by atoms with Gasteiger partial charge in [0, 0.05) is 0 Å². The van der Waals surface area contributed by atoms with Crippen molar-refractivity contribution in [1.82, 2.24) is 14.8 Å². The third-order valence-electron chi connectivity index (χ3n) is 4.47. The van der Waals surface area contributed by atoms with Gasteiger partial charge in [0.2, 0.25) is 0 Å². The SMILES string of the molecule is COc1ccccc1C(=O)C(CCCCc1ccccc1)n1cncn1. The van der Waals surface area contributed by atoms with Crippen molar-refractivity contribution in [3.05, 3.63) is 78.4 Å². The number of benzene rings is 2. The van der Waals surface area contributed by atoms with Crippen LogP contribution in [0.3, 0.4) is 0 Å². The Kier molecular flexibility index (Phi) is 6.14. The number of para-hydroxylation sites is 1. The van der Waals surface area contributed by atoms with E-state index in [9.17, 15) is 4.79 Å². The molecule has 5 heteroatoms. The second-order valence-corrected chi connectivity index (χ2v) is 6.19. The maximum absolute atomic E-state index is 13.1. The van der Waals surface area contributed by atoms with E-state index in [1.54, 1.807) is 30.3 Å². The van der Waals surface area contributed by atoms with Crippen LogP contribution in [-0.2, 0) is 6.42 Å². The van der Waals surface area contributed by atoms with E-state index < -0.39 is 0 Å². The lowest BCUT2D eigenvalue weighted by Gasteiger charge is -2.17. The number of methoxy groups -OCH3 is 1. The first-order chi connectivity index (χ1) is 12.8. The smallest absolute Gasteiger partial charge is 0.191 e. The van der Waals surface area contributed by atoms with E-state index in [-0.39, 0.29) is 11.8 Å². The fourth-order valence-corrected chi connectivity index (χ4v) is 3.10. The minimum atomic E-state index is -0.371. The Hall–Kier alpha value is -2.95. The van der Waals surface area contributed by atoms with Crippen LogP contribution in [0.15, 0.2) is 67.3 Å². The van der Waals surface area contributed by atoms with Crippen molar-refractivity contribution < 1.29 is 9.53 Å². The Labute approximate surface area is 153 Å². The summed E-state index contributed by atoms with van der Waals surface area (Å²) in [7, 11) is 1.58. The standard InChI is InChI=1S/C21H23N3O2/c1-26-20-14-8-6-12-18(20)21(25)19(24-16-22-15-23-24)13-7-5-11-17-9-3-2-4-10-17/h2-4,6,8-10,12,14-16,19H,5,7,11,13H2,1H3. The zero-order chi connectivity index (χ0) is 18.2. The predicted molar refractivity (Wildman–Crippen MR) is 100 cm³/mol. The Morgan fingerprint density at radius 3 is 2.58 bits per heavy atom. The van der Waals surface area contributed by atoms with Crippen molar-refractivity contribution in [2.24, 2.45) is 0 Å². The van der Waals surface area contributed by atoms with Gasteiger partial charge in [0.15, 0.2) is 5.78 Å². The van der Waals surface area contributed by atoms with Crippen LogP contribution in [0.4, 0.5) is 0 Å². The first-order valence-electron chi connectivity index (χ1n) is 8.85. The molecule has 0 aliphatic rings. The van der Waals surface area contributed by atoms with E-state index in [0.717, 1.165) is 19.3 Å². The minimum Gasteiger partial charge on any atom is -0.496 e. The van der Waals surface area contributed by atoms with Crippen molar-refractivity contribution in [2.45, 2.75) is 31.7 Å². The monoisotopic (exact) mass is 349 g/mol. The Bertz CT molecular complexity index is 816. The highest BCUT2D eigenvalue weighted by Gasteiger charge is 2.24. The molecule has 3 rings (SSSR count). The largest absolute Gasteiger partial charge is 0.496 e. The molecule has 0 saturated heterocycles. The fraction of sp³-hybridized carbons (Fsp3) is 0.286. The van der Waals surface area contributed by atoms with Gasteiger partial charge in [0.25, 0.3) is 0 Å². The Morgan fingerprint density at radius 1 is 1.08 bits per heavy atom. The summed E-state index contributed by atoms with van der Waals surface area (Å²) in [5.41, 5.74) is 1.90. The third kappa shape index (κ3) is 4.36. The summed E-state index contributed by atoms with van der Waals surface area (Å²) in [4.78, 5) is 17.1. The average molecular weight is 349 g/mol. The van der Waals surface area contributed by atoms with Crippen molar-refractivity contribution in [1.29, 1.82) is 0 Å². The van der Waals surface area contributed by atoms with Gasteiger partial charge in [-0.3, -0.25) is 4.79 Å². The van der Waals surface area contributed by atoms with E-state index in [1.807, 2.05) is 18.2 Å². The van der Waals surface area contributed by atoms with Gasteiger partial charge >= 0.3 is 0 Å². The summed E-state index contributed by atoms with van der Waals surface area (Å²) in [5.74, 6) is 0.597. The number of aromatic nitrogens is 3. The number of hydrogen-bond acceptors (Lipinski definition) is 4. The van der Waals surface area contributed by atoms with Gasteiger partial charge in [0.05, 0.1) is 12.7 Å². The highest BCUT2D eigenvalue weighted by Crippen LogP contribution is 2.26. The molecule has 0 aliphatic carbocycles. The summed E-state index contributed by atoms with van der Waals surface area (Å²) in [6, 6.07) is 17.3. The van der Waals surface area contributed by atoms with Crippen LogP contribution >= 0.6 is 0 Å². The van der Waals surface area contributed by atoms with Gasteiger partial charge in [-0.15, -0.1) is 0 Å². The van der Waals surface area contributed by atoms with Gasteiger partial charge in [0.1, 0.15) is 24.4 Å². The van der Waals surface area contributed by atoms with Gasteiger partial charge in [-0.1, -0.05) is 48.9 Å². The van der Waals surface area contributed by atoms with Crippen LogP contribution < -0.4 is 4.74 Å². The number of ether oxygens (including phenoxy) is 1. The number of ketones is 1. The number of aryl methyl sites for hydroxylation is 1. The lowest BCUT2D eigenvalue weighted by Crippen LogP contribution is -2.21. The number of Topliss-reactive ketones (excluding diaryl/α,β-unsaturated/α-hetero) is 1. The number of hydrogen-bond donors (Lipinski definition) is 0. The summed E-state index contributed by atoms with van der Waals surface area (Å²) in [6.45, 7) is 0. The maximum Gasteiger partial charge on any atom is 0.191 e. The third-order valence-corrected chi connectivity index (χ3v) is 4.47. The molecule has 2 aromatic carbocycles. The minimum absolute atomic E-state index is 0.00709. The molecule has 1 atom stereocenters. The second kappa shape index (κ2) is 8.94. The van der Waals surface area contributed by atoms with Gasteiger partial charge in [-0.05, 0) is 37.0 Å². The summed E-state index contributed by atoms with van der Waals surface area (Å²) >= 11 is 0. The molecule has 0 aliphatic heterocycles. The number of carbonyl (C=O) groups is 1. The van der Waals surface area contributed by atoms with Crippen LogP contribution in [0.5, 0.6) is 5.75 Å². The fourth-order valence-electron chi connectivity index (χ4n) is 3.10.